The second kappa shape index (κ2) is 6.87. The molecule has 0 atom stereocenters. The maximum atomic E-state index is 12.7. The molecule has 21 heavy (non-hydrogen) atoms. The van der Waals surface area contributed by atoms with Crippen molar-refractivity contribution in [2.24, 2.45) is 0 Å². The van der Waals surface area contributed by atoms with Crippen molar-refractivity contribution in [2.75, 3.05) is 13.2 Å². The van der Waals surface area contributed by atoms with Crippen LogP contribution in [0.2, 0.25) is 5.02 Å². The van der Waals surface area contributed by atoms with Gasteiger partial charge in [0.05, 0.1) is 9.95 Å². The second-order valence-electron chi connectivity index (χ2n) is 5.05. The van der Waals surface area contributed by atoms with Gasteiger partial charge in [0.15, 0.2) is 0 Å². The molecule has 1 saturated carbocycles. The van der Waals surface area contributed by atoms with Gasteiger partial charge in [-0.2, -0.15) is 0 Å². The molecule has 0 heterocycles. The summed E-state index contributed by atoms with van der Waals surface area (Å²) in [6, 6.07) is 4.30. The lowest BCUT2D eigenvalue weighted by atomic mass is 9.90. The quantitative estimate of drug-likeness (QED) is 0.646. The van der Waals surface area contributed by atoms with Crippen molar-refractivity contribution >= 4 is 23.2 Å². The Morgan fingerprint density at radius 2 is 2.19 bits per heavy atom. The molecule has 114 valence electrons. The summed E-state index contributed by atoms with van der Waals surface area (Å²) in [5, 5.41) is 20.2. The zero-order chi connectivity index (χ0) is 15.4. The van der Waals surface area contributed by atoms with Gasteiger partial charge in [0.2, 0.25) is 0 Å². The molecule has 1 aromatic rings. The van der Waals surface area contributed by atoms with E-state index in [-0.39, 0.29) is 28.9 Å². The molecule has 0 spiro atoms. The molecule has 7 heteroatoms. The number of nitro groups is 1. The van der Waals surface area contributed by atoms with Gasteiger partial charge in [0.1, 0.15) is 5.56 Å². The highest BCUT2D eigenvalue weighted by Crippen LogP contribution is 2.32. The maximum Gasteiger partial charge on any atom is 0.283 e. The van der Waals surface area contributed by atoms with Crippen LogP contribution in [0.4, 0.5) is 5.69 Å². The smallest absolute Gasteiger partial charge is 0.283 e. The molecular weight excluding hydrogens is 296 g/mol. The molecule has 0 bridgehead atoms. The van der Waals surface area contributed by atoms with Crippen molar-refractivity contribution in [1.82, 2.24) is 4.90 Å². The van der Waals surface area contributed by atoms with Crippen LogP contribution < -0.4 is 0 Å². The largest absolute Gasteiger partial charge is 0.396 e. The maximum absolute atomic E-state index is 12.7. The van der Waals surface area contributed by atoms with Gasteiger partial charge in [-0.05, 0) is 31.7 Å². The van der Waals surface area contributed by atoms with Crippen LogP contribution in [0, 0.1) is 10.1 Å². The highest BCUT2D eigenvalue weighted by atomic mass is 35.5. The van der Waals surface area contributed by atoms with E-state index in [1.807, 2.05) is 0 Å². The number of benzene rings is 1. The van der Waals surface area contributed by atoms with Gasteiger partial charge in [-0.3, -0.25) is 14.9 Å². The first-order chi connectivity index (χ1) is 10.1. The lowest BCUT2D eigenvalue weighted by molar-refractivity contribution is -0.385. The van der Waals surface area contributed by atoms with E-state index in [0.29, 0.717) is 13.0 Å². The fourth-order valence-corrected chi connectivity index (χ4v) is 2.66. The number of hydrogen-bond donors (Lipinski definition) is 1. The molecule has 0 saturated heterocycles. The van der Waals surface area contributed by atoms with Crippen molar-refractivity contribution < 1.29 is 14.8 Å². The lowest BCUT2D eigenvalue weighted by Crippen LogP contribution is -2.45. The number of aliphatic hydroxyl groups is 1. The number of carbonyl (C=O) groups is 1. The molecular formula is C14H17ClN2O4. The third kappa shape index (κ3) is 3.33. The van der Waals surface area contributed by atoms with Gasteiger partial charge in [0.25, 0.3) is 11.6 Å². The van der Waals surface area contributed by atoms with Crippen LogP contribution in [-0.2, 0) is 0 Å². The molecule has 6 nitrogen and oxygen atoms in total. The topological polar surface area (TPSA) is 83.7 Å². The number of hydrogen-bond acceptors (Lipinski definition) is 4. The predicted molar refractivity (Wildman–Crippen MR) is 78.5 cm³/mol. The van der Waals surface area contributed by atoms with Gasteiger partial charge < -0.3 is 10.0 Å². The molecule has 0 unspecified atom stereocenters. The average molecular weight is 313 g/mol. The van der Waals surface area contributed by atoms with Gasteiger partial charge in [-0.1, -0.05) is 17.7 Å². The standard InChI is InChI=1S/C14H17ClN2O4/c15-11-6-2-7-12(17(20)21)13(11)14(19)16(8-3-9-18)10-4-1-5-10/h2,6-7,10,18H,1,3-5,8-9H2. The van der Waals surface area contributed by atoms with Crippen molar-refractivity contribution in [3.8, 4) is 0 Å². The molecule has 0 radical (unpaired) electrons. The summed E-state index contributed by atoms with van der Waals surface area (Å²) in [5.74, 6) is -0.426. The molecule has 1 N–H and O–H groups in total. The van der Waals surface area contributed by atoms with Crippen molar-refractivity contribution in [1.29, 1.82) is 0 Å². The first-order valence-corrected chi connectivity index (χ1v) is 7.28. The lowest BCUT2D eigenvalue weighted by Gasteiger charge is -2.37. The minimum Gasteiger partial charge on any atom is -0.396 e. The second-order valence-corrected chi connectivity index (χ2v) is 5.46. The highest BCUT2D eigenvalue weighted by molar-refractivity contribution is 6.34. The molecule has 1 aliphatic rings. The number of nitro benzene ring substituents is 1. The van der Waals surface area contributed by atoms with Crippen LogP contribution in [0.3, 0.4) is 0 Å². The summed E-state index contributed by atoms with van der Waals surface area (Å²) in [7, 11) is 0. The summed E-state index contributed by atoms with van der Waals surface area (Å²) in [5.41, 5.74) is -0.338. The first kappa shape index (κ1) is 15.7. The molecule has 2 rings (SSSR count). The Balaban J connectivity index is 2.33. The number of aliphatic hydroxyl groups excluding tert-OH is 1. The molecule has 1 aliphatic carbocycles. The van der Waals surface area contributed by atoms with E-state index in [4.69, 9.17) is 16.7 Å². The van der Waals surface area contributed by atoms with E-state index in [1.54, 1.807) is 4.90 Å². The SMILES string of the molecule is O=C(c1c(Cl)cccc1[N+](=O)[O-])N(CCCO)C1CCC1. The Morgan fingerprint density at radius 3 is 2.71 bits per heavy atom. The highest BCUT2D eigenvalue weighted by Gasteiger charge is 2.33. The summed E-state index contributed by atoms with van der Waals surface area (Å²) in [4.78, 5) is 24.8. The van der Waals surface area contributed by atoms with E-state index in [1.165, 1.54) is 18.2 Å². The van der Waals surface area contributed by atoms with E-state index in [9.17, 15) is 14.9 Å². The van der Waals surface area contributed by atoms with Gasteiger partial charge >= 0.3 is 0 Å². The minimum atomic E-state index is -0.593. The van der Waals surface area contributed by atoms with E-state index < -0.39 is 10.8 Å². The molecule has 0 aromatic heterocycles. The summed E-state index contributed by atoms with van der Waals surface area (Å²) in [6.45, 7) is 0.351. The molecule has 1 fully saturated rings. The minimum absolute atomic E-state index is 0.0267. The molecule has 0 aliphatic heterocycles. The molecule has 1 amide bonds. The monoisotopic (exact) mass is 312 g/mol. The Morgan fingerprint density at radius 1 is 1.48 bits per heavy atom. The Labute approximate surface area is 127 Å². The van der Waals surface area contributed by atoms with Crippen LogP contribution in [0.25, 0.3) is 0 Å². The average Bonchev–Trinajstić information content (AvgIpc) is 2.40. The molecule has 1 aromatic carbocycles. The fraction of sp³-hybridized carbons (Fsp3) is 0.500. The van der Waals surface area contributed by atoms with Crippen molar-refractivity contribution in [2.45, 2.75) is 31.7 Å². The normalized spacial score (nSPS) is 14.6. The van der Waals surface area contributed by atoms with Crippen LogP contribution in [0.15, 0.2) is 18.2 Å². The zero-order valence-electron chi connectivity index (χ0n) is 11.5. The number of halogens is 1. The van der Waals surface area contributed by atoms with E-state index in [0.717, 1.165) is 19.3 Å². The van der Waals surface area contributed by atoms with Crippen LogP contribution in [0.1, 0.15) is 36.0 Å². The first-order valence-electron chi connectivity index (χ1n) is 6.91. The third-order valence-electron chi connectivity index (χ3n) is 3.74. The Hall–Kier alpha value is -1.66. The summed E-state index contributed by atoms with van der Waals surface area (Å²) < 4.78 is 0. The third-order valence-corrected chi connectivity index (χ3v) is 4.05. The zero-order valence-corrected chi connectivity index (χ0v) is 12.3. The van der Waals surface area contributed by atoms with Crippen molar-refractivity contribution in [3.05, 3.63) is 38.9 Å². The van der Waals surface area contributed by atoms with Crippen LogP contribution in [0.5, 0.6) is 0 Å². The summed E-state index contributed by atoms with van der Waals surface area (Å²) >= 11 is 6.01. The number of rotatable bonds is 6. The number of amides is 1. The Kier molecular flexibility index (Phi) is 5.14. The van der Waals surface area contributed by atoms with E-state index in [2.05, 4.69) is 0 Å². The van der Waals surface area contributed by atoms with E-state index >= 15 is 0 Å². The fourth-order valence-electron chi connectivity index (χ4n) is 2.41. The van der Waals surface area contributed by atoms with Gasteiger partial charge in [0, 0.05) is 25.3 Å². The predicted octanol–water partition coefficient (Wildman–Crippen LogP) is 2.63. The Bertz CT molecular complexity index is 546. The van der Waals surface area contributed by atoms with Crippen LogP contribution >= 0.6 is 11.6 Å². The summed E-state index contributed by atoms with van der Waals surface area (Å²) in [6.07, 6.45) is 3.25. The number of nitrogens with zero attached hydrogens (tertiary/aromatic N) is 2. The van der Waals surface area contributed by atoms with Crippen molar-refractivity contribution in [3.63, 3.8) is 0 Å². The van der Waals surface area contributed by atoms with Gasteiger partial charge in [-0.15, -0.1) is 0 Å². The van der Waals surface area contributed by atoms with Gasteiger partial charge in [-0.25, -0.2) is 0 Å². The van der Waals surface area contributed by atoms with Crippen LogP contribution in [-0.4, -0.2) is 40.0 Å². The number of carbonyl (C=O) groups excluding carboxylic acids is 1.